The molecule has 0 saturated heterocycles. The van der Waals surface area contributed by atoms with Crippen LogP contribution in [0.4, 0.5) is 10.7 Å². The molecule has 0 aliphatic heterocycles. The molecule has 3 rings (SSSR count). The Hall–Kier alpha value is -2.71. The van der Waals surface area contributed by atoms with Crippen molar-refractivity contribution in [1.29, 1.82) is 0 Å². The Kier molecular flexibility index (Phi) is 5.11. The zero-order chi connectivity index (χ0) is 17.8. The van der Waals surface area contributed by atoms with Crippen molar-refractivity contribution in [1.82, 2.24) is 4.57 Å². The van der Waals surface area contributed by atoms with E-state index in [1.165, 1.54) is 4.57 Å². The summed E-state index contributed by atoms with van der Waals surface area (Å²) in [7, 11) is 3.13. The van der Waals surface area contributed by atoms with E-state index in [2.05, 4.69) is 10.2 Å². The second-order valence-electron chi connectivity index (χ2n) is 4.88. The standard InChI is InChI=1S/C17H15N3O3S2/c1-22-13-9-5-3-7-11(13)18-19-15-16(21)20(17(24)25-15)12-8-4-6-10-14(12)23-2/h3-10,21H,1-2H3. The highest BCUT2D eigenvalue weighted by Gasteiger charge is 2.16. The minimum Gasteiger partial charge on any atom is -0.495 e. The van der Waals surface area contributed by atoms with Gasteiger partial charge in [-0.15, -0.1) is 10.2 Å². The van der Waals surface area contributed by atoms with Gasteiger partial charge in [0.1, 0.15) is 17.2 Å². The van der Waals surface area contributed by atoms with Crippen molar-refractivity contribution in [2.75, 3.05) is 14.2 Å². The molecule has 8 heteroatoms. The van der Waals surface area contributed by atoms with Crippen LogP contribution < -0.4 is 9.47 Å². The topological polar surface area (TPSA) is 68.3 Å². The van der Waals surface area contributed by atoms with Crippen molar-refractivity contribution in [3.05, 3.63) is 52.5 Å². The summed E-state index contributed by atoms with van der Waals surface area (Å²) in [5, 5.41) is 19.2. The molecule has 0 atom stereocenters. The summed E-state index contributed by atoms with van der Waals surface area (Å²) in [6.07, 6.45) is 0. The molecule has 128 valence electrons. The van der Waals surface area contributed by atoms with Gasteiger partial charge in [0.25, 0.3) is 0 Å². The normalized spacial score (nSPS) is 11.0. The van der Waals surface area contributed by atoms with Crippen LogP contribution in [0.5, 0.6) is 17.4 Å². The van der Waals surface area contributed by atoms with E-state index in [1.807, 2.05) is 30.3 Å². The Morgan fingerprint density at radius 3 is 2.32 bits per heavy atom. The first-order chi connectivity index (χ1) is 12.2. The molecule has 6 nitrogen and oxygen atoms in total. The summed E-state index contributed by atoms with van der Waals surface area (Å²) >= 11 is 6.53. The summed E-state index contributed by atoms with van der Waals surface area (Å²) < 4.78 is 12.5. The van der Waals surface area contributed by atoms with Gasteiger partial charge < -0.3 is 14.6 Å². The zero-order valence-electron chi connectivity index (χ0n) is 13.5. The Bertz CT molecular complexity index is 979. The van der Waals surface area contributed by atoms with Crippen molar-refractivity contribution in [3.63, 3.8) is 0 Å². The molecule has 1 N–H and O–H groups in total. The lowest BCUT2D eigenvalue weighted by Gasteiger charge is -2.09. The number of aromatic nitrogens is 1. The van der Waals surface area contributed by atoms with Crippen LogP contribution in [0.1, 0.15) is 0 Å². The first-order valence-corrected chi connectivity index (χ1v) is 8.51. The van der Waals surface area contributed by atoms with Gasteiger partial charge in [-0.2, -0.15) is 0 Å². The lowest BCUT2D eigenvalue weighted by Crippen LogP contribution is -1.96. The van der Waals surface area contributed by atoms with Crippen LogP contribution in [0.25, 0.3) is 5.69 Å². The quantitative estimate of drug-likeness (QED) is 0.480. The van der Waals surface area contributed by atoms with Crippen LogP contribution in [0, 0.1) is 3.95 Å². The predicted octanol–water partition coefficient (Wildman–Crippen LogP) is 5.41. The highest BCUT2D eigenvalue weighted by molar-refractivity contribution is 7.73. The summed E-state index contributed by atoms with van der Waals surface area (Å²) in [6, 6.07) is 14.5. The van der Waals surface area contributed by atoms with Gasteiger partial charge in [-0.05, 0) is 36.5 Å². The minimum absolute atomic E-state index is 0.0850. The largest absolute Gasteiger partial charge is 0.495 e. The molecule has 0 spiro atoms. The smallest absolute Gasteiger partial charge is 0.237 e. The maximum atomic E-state index is 10.6. The zero-order valence-corrected chi connectivity index (χ0v) is 15.2. The second kappa shape index (κ2) is 7.45. The third-order valence-corrected chi connectivity index (χ3v) is 4.68. The maximum absolute atomic E-state index is 10.6. The summed E-state index contributed by atoms with van der Waals surface area (Å²) in [5.41, 5.74) is 1.20. The lowest BCUT2D eigenvalue weighted by molar-refractivity contribution is 0.406. The number of rotatable bonds is 5. The van der Waals surface area contributed by atoms with E-state index >= 15 is 0 Å². The SMILES string of the molecule is COc1ccccc1N=Nc1sc(=S)n(-c2ccccc2OC)c1O. The number of nitrogens with zero attached hydrogens (tertiary/aromatic N) is 3. The van der Waals surface area contributed by atoms with Gasteiger partial charge in [0.15, 0.2) is 3.95 Å². The van der Waals surface area contributed by atoms with Gasteiger partial charge in [-0.25, -0.2) is 0 Å². The molecule has 2 aromatic carbocycles. The number of azo groups is 1. The van der Waals surface area contributed by atoms with Crippen LogP contribution >= 0.6 is 23.6 Å². The molecule has 0 radical (unpaired) electrons. The molecule has 25 heavy (non-hydrogen) atoms. The van der Waals surface area contributed by atoms with Gasteiger partial charge in [0.05, 0.1) is 19.9 Å². The fourth-order valence-corrected chi connectivity index (χ4v) is 3.39. The Balaban J connectivity index is 2.03. The van der Waals surface area contributed by atoms with Crippen molar-refractivity contribution in [2.24, 2.45) is 10.2 Å². The molecule has 0 amide bonds. The highest BCUT2D eigenvalue weighted by Crippen LogP contribution is 2.40. The maximum Gasteiger partial charge on any atom is 0.237 e. The second-order valence-corrected chi connectivity index (χ2v) is 6.50. The fraction of sp³-hybridized carbons (Fsp3) is 0.118. The Labute approximate surface area is 153 Å². The van der Waals surface area contributed by atoms with Crippen LogP contribution in [0.2, 0.25) is 0 Å². The minimum atomic E-state index is -0.0850. The van der Waals surface area contributed by atoms with Gasteiger partial charge >= 0.3 is 0 Å². The number of hydrogen-bond acceptors (Lipinski definition) is 7. The Morgan fingerprint density at radius 2 is 1.60 bits per heavy atom. The molecular weight excluding hydrogens is 358 g/mol. The number of ether oxygens (including phenoxy) is 2. The molecular formula is C17H15N3O3S2. The molecule has 0 bridgehead atoms. The first kappa shape index (κ1) is 17.1. The number of benzene rings is 2. The number of para-hydroxylation sites is 3. The molecule has 0 aliphatic carbocycles. The Morgan fingerprint density at radius 1 is 0.960 bits per heavy atom. The summed E-state index contributed by atoms with van der Waals surface area (Å²) in [6.45, 7) is 0. The average molecular weight is 373 g/mol. The van der Waals surface area contributed by atoms with Crippen LogP contribution in [0.3, 0.4) is 0 Å². The van der Waals surface area contributed by atoms with E-state index in [-0.39, 0.29) is 5.88 Å². The van der Waals surface area contributed by atoms with Crippen molar-refractivity contribution in [3.8, 4) is 23.1 Å². The van der Waals surface area contributed by atoms with Gasteiger partial charge in [-0.3, -0.25) is 4.57 Å². The molecule has 0 unspecified atom stereocenters. The van der Waals surface area contributed by atoms with Crippen LogP contribution in [-0.4, -0.2) is 23.9 Å². The fourth-order valence-electron chi connectivity index (χ4n) is 2.26. The molecule has 0 aliphatic rings. The molecule has 0 saturated carbocycles. The number of hydrogen-bond donors (Lipinski definition) is 1. The van der Waals surface area contributed by atoms with Crippen molar-refractivity contribution >= 4 is 34.2 Å². The van der Waals surface area contributed by atoms with Crippen LogP contribution in [0.15, 0.2) is 58.8 Å². The number of aromatic hydroxyl groups is 1. The van der Waals surface area contributed by atoms with Gasteiger partial charge in [-0.1, -0.05) is 35.6 Å². The highest BCUT2D eigenvalue weighted by atomic mass is 32.1. The summed E-state index contributed by atoms with van der Waals surface area (Å²) in [4.78, 5) is 0. The number of thiazole rings is 1. The van der Waals surface area contributed by atoms with E-state index in [1.54, 1.807) is 32.4 Å². The summed E-state index contributed by atoms with van der Waals surface area (Å²) in [5.74, 6) is 1.11. The predicted molar refractivity (Wildman–Crippen MR) is 99.9 cm³/mol. The van der Waals surface area contributed by atoms with Crippen LogP contribution in [-0.2, 0) is 0 Å². The average Bonchev–Trinajstić information content (AvgIpc) is 2.93. The van der Waals surface area contributed by atoms with Crippen molar-refractivity contribution in [2.45, 2.75) is 0 Å². The molecule has 1 heterocycles. The molecule has 0 fully saturated rings. The van der Waals surface area contributed by atoms with E-state index in [9.17, 15) is 5.11 Å². The number of methoxy groups -OCH3 is 2. The third-order valence-electron chi connectivity index (χ3n) is 3.43. The monoisotopic (exact) mass is 373 g/mol. The van der Waals surface area contributed by atoms with Gasteiger partial charge in [0.2, 0.25) is 10.9 Å². The van der Waals surface area contributed by atoms with E-state index in [4.69, 9.17) is 21.7 Å². The van der Waals surface area contributed by atoms with E-state index in [0.29, 0.717) is 31.8 Å². The van der Waals surface area contributed by atoms with E-state index in [0.717, 1.165) is 11.3 Å². The third kappa shape index (κ3) is 3.40. The first-order valence-electron chi connectivity index (χ1n) is 7.28. The molecule has 3 aromatic rings. The van der Waals surface area contributed by atoms with E-state index < -0.39 is 0 Å². The van der Waals surface area contributed by atoms with Crippen molar-refractivity contribution < 1.29 is 14.6 Å². The van der Waals surface area contributed by atoms with Gasteiger partial charge in [0, 0.05) is 0 Å². The molecule has 1 aromatic heterocycles. The lowest BCUT2D eigenvalue weighted by atomic mass is 10.3.